The summed E-state index contributed by atoms with van der Waals surface area (Å²) in [6.45, 7) is 13.3. The van der Waals surface area contributed by atoms with Crippen LogP contribution in [0.4, 0.5) is 0 Å². The third-order valence-corrected chi connectivity index (χ3v) is 12.3. The van der Waals surface area contributed by atoms with Crippen LogP contribution < -0.4 is 0 Å². The van der Waals surface area contributed by atoms with Crippen molar-refractivity contribution >= 4 is 8.07 Å². The summed E-state index contributed by atoms with van der Waals surface area (Å²) < 4.78 is 0. The largest absolute Gasteiger partial charge is 0.377 e. The minimum atomic E-state index is -2.20. The summed E-state index contributed by atoms with van der Waals surface area (Å²) in [5, 5.41) is 10.4. The summed E-state index contributed by atoms with van der Waals surface area (Å²) in [5.41, 5.74) is 2.10. The molecule has 1 unspecified atom stereocenters. The number of hydrogen-bond donors (Lipinski definition) is 1. The molecule has 0 aliphatic heterocycles. The first kappa shape index (κ1) is 17.0. The van der Waals surface area contributed by atoms with Crippen LogP contribution in [0, 0.1) is 12.3 Å². The smallest absolute Gasteiger partial charge is 0.137 e. The van der Waals surface area contributed by atoms with Gasteiger partial charge in [-0.15, -0.1) is 6.42 Å². The third-order valence-electron chi connectivity index (χ3n) is 4.89. The van der Waals surface area contributed by atoms with Gasteiger partial charge in [0.05, 0.1) is 0 Å². The Morgan fingerprint density at radius 3 is 1.65 bits per heavy atom. The molecule has 20 heavy (non-hydrogen) atoms. The van der Waals surface area contributed by atoms with Gasteiger partial charge in [-0.3, -0.25) is 0 Å². The number of hydrogen-bond acceptors (Lipinski definition) is 1. The van der Waals surface area contributed by atoms with Crippen LogP contribution in [0.15, 0.2) is 30.3 Å². The summed E-state index contributed by atoms with van der Waals surface area (Å²) in [5.74, 6) is 2.80. The number of terminal acetylenes is 1. The first-order valence-electron chi connectivity index (χ1n) is 7.50. The molecule has 1 nitrogen and oxygen atoms in total. The first-order chi connectivity index (χ1) is 9.25. The third kappa shape index (κ3) is 2.34. The van der Waals surface area contributed by atoms with Crippen molar-refractivity contribution in [1.82, 2.24) is 0 Å². The summed E-state index contributed by atoms with van der Waals surface area (Å²) in [6, 6.07) is 9.81. The highest BCUT2D eigenvalue weighted by Crippen LogP contribution is 2.52. The molecule has 0 saturated heterocycles. The fourth-order valence-electron chi connectivity index (χ4n) is 4.39. The molecule has 0 aliphatic rings. The van der Waals surface area contributed by atoms with Crippen LogP contribution in [0.3, 0.4) is 0 Å². The fourth-order valence-corrected chi connectivity index (χ4v) is 11.8. The number of rotatable bonds is 5. The van der Waals surface area contributed by atoms with Gasteiger partial charge in [0.25, 0.3) is 0 Å². The Morgan fingerprint density at radius 1 is 0.950 bits per heavy atom. The van der Waals surface area contributed by atoms with Crippen LogP contribution in [0.5, 0.6) is 0 Å². The van der Waals surface area contributed by atoms with Crippen molar-refractivity contribution in [2.24, 2.45) is 0 Å². The lowest BCUT2D eigenvalue weighted by molar-refractivity contribution is 0.168. The van der Waals surface area contributed by atoms with Crippen LogP contribution in [0.1, 0.15) is 47.1 Å². The van der Waals surface area contributed by atoms with E-state index in [2.05, 4.69) is 47.5 Å². The van der Waals surface area contributed by atoms with Gasteiger partial charge in [0.2, 0.25) is 0 Å². The molecule has 0 heterocycles. The molecule has 0 aromatic heterocycles. The van der Waals surface area contributed by atoms with Gasteiger partial charge in [0.15, 0.2) is 0 Å². The van der Waals surface area contributed by atoms with E-state index < -0.39 is 13.3 Å². The predicted molar refractivity (Wildman–Crippen MR) is 90.2 cm³/mol. The maximum absolute atomic E-state index is 11.5. The summed E-state index contributed by atoms with van der Waals surface area (Å²) in [4.78, 5) is 0. The van der Waals surface area contributed by atoms with E-state index in [-0.39, 0.29) is 0 Å². The van der Waals surface area contributed by atoms with Gasteiger partial charge in [-0.25, -0.2) is 0 Å². The number of benzene rings is 1. The van der Waals surface area contributed by atoms with Gasteiger partial charge >= 0.3 is 0 Å². The van der Waals surface area contributed by atoms with Crippen molar-refractivity contribution in [2.45, 2.75) is 63.4 Å². The molecule has 0 radical (unpaired) electrons. The van der Waals surface area contributed by atoms with E-state index in [0.717, 1.165) is 5.56 Å². The van der Waals surface area contributed by atoms with Crippen LogP contribution in [0.25, 0.3) is 0 Å². The van der Waals surface area contributed by atoms with E-state index in [1.165, 1.54) is 0 Å². The van der Waals surface area contributed by atoms with Crippen molar-refractivity contribution in [3.05, 3.63) is 35.9 Å². The molecular formula is C18H28OSi. The minimum Gasteiger partial charge on any atom is -0.377 e. The molecule has 1 aromatic rings. The normalized spacial score (nSPS) is 15.4. The lowest BCUT2D eigenvalue weighted by Crippen LogP contribution is -2.61. The maximum Gasteiger partial charge on any atom is 0.137 e. The van der Waals surface area contributed by atoms with E-state index >= 15 is 0 Å². The quantitative estimate of drug-likeness (QED) is 0.613. The molecule has 110 valence electrons. The second-order valence-corrected chi connectivity index (χ2v) is 12.7. The van der Waals surface area contributed by atoms with E-state index in [4.69, 9.17) is 6.42 Å². The van der Waals surface area contributed by atoms with Gasteiger partial charge in [-0.1, -0.05) is 77.8 Å². The van der Waals surface area contributed by atoms with Gasteiger partial charge in [-0.2, -0.15) is 0 Å². The molecular weight excluding hydrogens is 260 g/mol. The Morgan fingerprint density at radius 2 is 1.35 bits per heavy atom. The van der Waals surface area contributed by atoms with E-state index in [0.29, 0.717) is 16.6 Å². The molecule has 1 atom stereocenters. The van der Waals surface area contributed by atoms with Crippen LogP contribution in [-0.4, -0.2) is 13.2 Å². The first-order valence-corrected chi connectivity index (χ1v) is 9.74. The highest BCUT2D eigenvalue weighted by Gasteiger charge is 2.58. The molecule has 0 aliphatic carbocycles. The second kappa shape index (κ2) is 6.16. The lowest BCUT2D eigenvalue weighted by Gasteiger charge is -2.51. The standard InChI is InChI=1S/C18H28OSi/c1-8-18(19,17-12-10-9-11-13-17)20(14(2)3,15(4)5)16(6)7/h1,9-16,19H,2-7H3. The highest BCUT2D eigenvalue weighted by molar-refractivity contribution is 6.86. The van der Waals surface area contributed by atoms with Crippen molar-refractivity contribution in [3.63, 3.8) is 0 Å². The molecule has 0 fully saturated rings. The maximum atomic E-state index is 11.5. The van der Waals surface area contributed by atoms with Crippen LogP contribution >= 0.6 is 0 Å². The van der Waals surface area contributed by atoms with Crippen molar-refractivity contribution in [1.29, 1.82) is 0 Å². The number of aliphatic hydroxyl groups is 1. The van der Waals surface area contributed by atoms with E-state index in [1.807, 2.05) is 30.3 Å². The summed E-state index contributed by atoms with van der Waals surface area (Å²) >= 11 is 0. The van der Waals surface area contributed by atoms with Gasteiger partial charge in [-0.05, 0) is 22.2 Å². The Balaban J connectivity index is 3.64. The summed E-state index contributed by atoms with van der Waals surface area (Å²) in [6.07, 6.45) is 5.87. The second-order valence-electron chi connectivity index (χ2n) is 6.62. The molecule has 0 saturated carbocycles. The molecule has 0 spiro atoms. The molecule has 2 heteroatoms. The molecule has 0 bridgehead atoms. The van der Waals surface area contributed by atoms with E-state index in [9.17, 15) is 5.11 Å². The van der Waals surface area contributed by atoms with Crippen LogP contribution in [0.2, 0.25) is 16.6 Å². The molecule has 1 aromatic carbocycles. The van der Waals surface area contributed by atoms with Gasteiger partial charge < -0.3 is 5.11 Å². The Kier molecular flexibility index (Phi) is 5.24. The predicted octanol–water partition coefficient (Wildman–Crippen LogP) is 4.73. The highest BCUT2D eigenvalue weighted by atomic mass is 28.3. The lowest BCUT2D eigenvalue weighted by atomic mass is 10.1. The van der Waals surface area contributed by atoms with Crippen molar-refractivity contribution in [2.75, 3.05) is 0 Å². The molecule has 0 amide bonds. The van der Waals surface area contributed by atoms with Crippen molar-refractivity contribution in [3.8, 4) is 12.3 Å². The minimum absolute atomic E-state index is 0.406. The van der Waals surface area contributed by atoms with Crippen molar-refractivity contribution < 1.29 is 5.11 Å². The van der Waals surface area contributed by atoms with Gasteiger partial charge in [0, 0.05) is 0 Å². The Hall–Kier alpha value is -1.04. The average Bonchev–Trinajstić information content (AvgIpc) is 2.38. The fraction of sp³-hybridized carbons (Fsp3) is 0.556. The zero-order valence-corrected chi connectivity index (χ0v) is 14.6. The Labute approximate surface area is 125 Å². The average molecular weight is 289 g/mol. The van der Waals surface area contributed by atoms with E-state index in [1.54, 1.807) is 0 Å². The SMILES string of the molecule is C#CC(O)(c1ccccc1)[Si](C(C)C)(C(C)C)C(C)C. The molecule has 1 rings (SSSR count). The molecule has 1 N–H and O–H groups in total. The zero-order chi connectivity index (χ0) is 15.6. The monoisotopic (exact) mass is 288 g/mol. The van der Waals surface area contributed by atoms with Crippen LogP contribution in [-0.2, 0) is 5.22 Å². The van der Waals surface area contributed by atoms with Gasteiger partial charge in [0.1, 0.15) is 13.3 Å². The topological polar surface area (TPSA) is 20.2 Å². The summed E-state index contributed by atoms with van der Waals surface area (Å²) in [7, 11) is -2.20. The zero-order valence-electron chi connectivity index (χ0n) is 13.6. The Bertz CT molecular complexity index is 448.